The summed E-state index contributed by atoms with van der Waals surface area (Å²) in [5, 5.41) is 0.966. The second kappa shape index (κ2) is 6.85. The van der Waals surface area contributed by atoms with E-state index in [4.69, 9.17) is 0 Å². The second-order valence-corrected chi connectivity index (χ2v) is 7.62. The van der Waals surface area contributed by atoms with Crippen LogP contribution in [0.25, 0.3) is 10.9 Å². The molecule has 0 aliphatic carbocycles. The minimum Gasteiger partial charge on any atom is -0.353 e. The number of nitrogens with zero attached hydrogens (tertiary/aromatic N) is 5. The summed E-state index contributed by atoms with van der Waals surface area (Å²) in [5.74, 6) is 1.08. The first-order valence-electron chi connectivity index (χ1n) is 8.26. The molecule has 4 rings (SSSR count). The fraction of sp³-hybridized carbons (Fsp3) is 0.235. The van der Waals surface area contributed by atoms with Gasteiger partial charge in [-0.1, -0.05) is 18.2 Å². The third-order valence-electron chi connectivity index (χ3n) is 4.28. The largest absolute Gasteiger partial charge is 0.353 e. The van der Waals surface area contributed by atoms with E-state index in [0.717, 1.165) is 16.7 Å². The van der Waals surface area contributed by atoms with Crippen molar-refractivity contribution in [3.8, 4) is 0 Å². The van der Waals surface area contributed by atoms with Crippen molar-refractivity contribution in [3.05, 3.63) is 55.0 Å². The molecule has 1 saturated heterocycles. The quantitative estimate of drug-likeness (QED) is 0.748. The normalized spacial score (nSPS) is 15.9. The Labute approximate surface area is 151 Å². The van der Waals surface area contributed by atoms with Gasteiger partial charge in [-0.3, -0.25) is 9.71 Å². The molecule has 9 heteroatoms. The van der Waals surface area contributed by atoms with E-state index in [0.29, 0.717) is 32.0 Å². The molecule has 0 bridgehead atoms. The lowest BCUT2D eigenvalue weighted by Gasteiger charge is -2.34. The molecule has 1 aliphatic heterocycles. The summed E-state index contributed by atoms with van der Waals surface area (Å²) in [6.07, 6.45) is 4.93. The summed E-state index contributed by atoms with van der Waals surface area (Å²) in [4.78, 5) is 14.7. The SMILES string of the molecule is O=S(=O)(Nc1ccc2ccccc2n1)N1CCN(c2cnccn2)CC1. The standard InChI is InChI=1S/C17H18N6O2S/c24-26(25,21-16-6-5-14-3-1-2-4-15(14)20-16)23-11-9-22(10-12-23)17-13-18-7-8-19-17/h1-8,13H,9-12H2,(H,20,21). The summed E-state index contributed by atoms with van der Waals surface area (Å²) < 4.78 is 29.3. The van der Waals surface area contributed by atoms with Crippen molar-refractivity contribution in [2.75, 3.05) is 35.8 Å². The smallest absolute Gasteiger partial charge is 0.302 e. The number of benzene rings is 1. The Bertz CT molecular complexity index is 1000. The molecular formula is C17H18N6O2S. The third kappa shape index (κ3) is 3.44. The number of piperazine rings is 1. The van der Waals surface area contributed by atoms with Crippen LogP contribution in [0.5, 0.6) is 0 Å². The average Bonchev–Trinajstić information content (AvgIpc) is 2.68. The van der Waals surface area contributed by atoms with Crippen LogP contribution in [0.3, 0.4) is 0 Å². The van der Waals surface area contributed by atoms with Crippen molar-refractivity contribution < 1.29 is 8.42 Å². The number of nitrogens with one attached hydrogen (secondary N) is 1. The van der Waals surface area contributed by atoms with Gasteiger partial charge >= 0.3 is 10.2 Å². The lowest BCUT2D eigenvalue weighted by molar-refractivity contribution is 0.386. The lowest BCUT2D eigenvalue weighted by Crippen LogP contribution is -2.50. The number of aromatic nitrogens is 3. The molecule has 3 heterocycles. The second-order valence-electron chi connectivity index (χ2n) is 5.95. The van der Waals surface area contributed by atoms with Gasteiger partial charge in [0, 0.05) is 44.0 Å². The summed E-state index contributed by atoms with van der Waals surface area (Å²) in [5.41, 5.74) is 0.750. The van der Waals surface area contributed by atoms with E-state index in [9.17, 15) is 8.42 Å². The highest BCUT2D eigenvalue weighted by molar-refractivity contribution is 7.90. The maximum absolute atomic E-state index is 12.7. The zero-order chi connectivity index (χ0) is 18.0. The molecule has 134 valence electrons. The lowest BCUT2D eigenvalue weighted by atomic mass is 10.2. The fourth-order valence-corrected chi connectivity index (χ4v) is 4.08. The predicted octanol–water partition coefficient (Wildman–Crippen LogP) is 1.50. The third-order valence-corrected chi connectivity index (χ3v) is 5.80. The van der Waals surface area contributed by atoms with E-state index < -0.39 is 10.2 Å². The number of anilines is 2. The van der Waals surface area contributed by atoms with E-state index in [2.05, 4.69) is 19.7 Å². The van der Waals surface area contributed by atoms with Crippen LogP contribution in [0.1, 0.15) is 0 Å². The molecule has 26 heavy (non-hydrogen) atoms. The van der Waals surface area contributed by atoms with Gasteiger partial charge in [0.05, 0.1) is 11.7 Å². The van der Waals surface area contributed by atoms with Gasteiger partial charge in [-0.25, -0.2) is 9.97 Å². The summed E-state index contributed by atoms with van der Waals surface area (Å²) >= 11 is 0. The highest BCUT2D eigenvalue weighted by Crippen LogP contribution is 2.18. The molecule has 0 spiro atoms. The first kappa shape index (κ1) is 16.7. The summed E-state index contributed by atoms with van der Waals surface area (Å²) in [7, 11) is -3.65. The highest BCUT2D eigenvalue weighted by Gasteiger charge is 2.27. The molecule has 1 N–H and O–H groups in total. The molecule has 3 aromatic rings. The Hall–Kier alpha value is -2.78. The number of hydrogen-bond acceptors (Lipinski definition) is 6. The molecule has 0 amide bonds. The minimum atomic E-state index is -3.65. The molecular weight excluding hydrogens is 352 g/mol. The molecule has 2 aromatic heterocycles. The molecule has 0 atom stereocenters. The topological polar surface area (TPSA) is 91.3 Å². The van der Waals surface area contributed by atoms with Crippen LogP contribution in [0.4, 0.5) is 11.6 Å². The van der Waals surface area contributed by atoms with Gasteiger partial charge in [-0.05, 0) is 18.2 Å². The Morgan fingerprint density at radius 1 is 0.962 bits per heavy atom. The Balaban J connectivity index is 1.45. The van der Waals surface area contributed by atoms with Gasteiger partial charge in [0.2, 0.25) is 0 Å². The Morgan fingerprint density at radius 3 is 2.54 bits per heavy atom. The number of rotatable bonds is 4. The monoisotopic (exact) mass is 370 g/mol. The van der Waals surface area contributed by atoms with Crippen molar-refractivity contribution >= 4 is 32.7 Å². The van der Waals surface area contributed by atoms with E-state index in [1.807, 2.05) is 35.2 Å². The van der Waals surface area contributed by atoms with E-state index in [1.165, 1.54) is 4.31 Å². The summed E-state index contributed by atoms with van der Waals surface area (Å²) in [6.45, 7) is 1.87. The average molecular weight is 370 g/mol. The Kier molecular flexibility index (Phi) is 4.39. The van der Waals surface area contributed by atoms with Crippen molar-refractivity contribution in [2.45, 2.75) is 0 Å². The molecule has 8 nitrogen and oxygen atoms in total. The number of fused-ring (bicyclic) bond motifs is 1. The fourth-order valence-electron chi connectivity index (χ4n) is 2.93. The molecule has 1 fully saturated rings. The van der Waals surface area contributed by atoms with Crippen molar-refractivity contribution in [3.63, 3.8) is 0 Å². The molecule has 0 unspecified atom stereocenters. The molecule has 0 saturated carbocycles. The van der Waals surface area contributed by atoms with Gasteiger partial charge < -0.3 is 4.90 Å². The van der Waals surface area contributed by atoms with Crippen LogP contribution >= 0.6 is 0 Å². The minimum absolute atomic E-state index is 0.319. The van der Waals surface area contributed by atoms with Gasteiger partial charge in [-0.15, -0.1) is 0 Å². The number of hydrogen-bond donors (Lipinski definition) is 1. The first-order valence-corrected chi connectivity index (χ1v) is 9.70. The number of pyridine rings is 1. The van der Waals surface area contributed by atoms with E-state index in [1.54, 1.807) is 24.7 Å². The van der Waals surface area contributed by atoms with Crippen LogP contribution in [0.2, 0.25) is 0 Å². The zero-order valence-electron chi connectivity index (χ0n) is 14.0. The van der Waals surface area contributed by atoms with E-state index >= 15 is 0 Å². The van der Waals surface area contributed by atoms with Crippen LogP contribution in [0.15, 0.2) is 55.0 Å². The predicted molar refractivity (Wildman–Crippen MR) is 100 cm³/mol. The van der Waals surface area contributed by atoms with Crippen LogP contribution in [-0.4, -0.2) is 53.9 Å². The molecule has 0 radical (unpaired) electrons. The molecule has 1 aliphatic rings. The number of para-hydroxylation sites is 1. The zero-order valence-corrected chi connectivity index (χ0v) is 14.8. The summed E-state index contributed by atoms with van der Waals surface area (Å²) in [6, 6.07) is 11.1. The van der Waals surface area contributed by atoms with Crippen LogP contribution < -0.4 is 9.62 Å². The van der Waals surface area contributed by atoms with Gasteiger partial charge in [-0.2, -0.15) is 12.7 Å². The molecule has 1 aromatic carbocycles. The van der Waals surface area contributed by atoms with Crippen molar-refractivity contribution in [1.29, 1.82) is 0 Å². The van der Waals surface area contributed by atoms with Crippen LogP contribution in [0, 0.1) is 0 Å². The highest BCUT2D eigenvalue weighted by atomic mass is 32.2. The van der Waals surface area contributed by atoms with E-state index in [-0.39, 0.29) is 0 Å². The van der Waals surface area contributed by atoms with Crippen LogP contribution in [-0.2, 0) is 10.2 Å². The maximum atomic E-state index is 12.7. The maximum Gasteiger partial charge on any atom is 0.302 e. The van der Waals surface area contributed by atoms with Gasteiger partial charge in [0.1, 0.15) is 11.6 Å². The van der Waals surface area contributed by atoms with Crippen molar-refractivity contribution in [1.82, 2.24) is 19.3 Å². The first-order chi connectivity index (χ1) is 12.6. The van der Waals surface area contributed by atoms with Gasteiger partial charge in [0.25, 0.3) is 0 Å². The van der Waals surface area contributed by atoms with Gasteiger partial charge in [0.15, 0.2) is 0 Å². The Morgan fingerprint density at radius 2 is 1.77 bits per heavy atom. The van der Waals surface area contributed by atoms with Crippen molar-refractivity contribution in [2.24, 2.45) is 0 Å².